The van der Waals surface area contributed by atoms with Gasteiger partial charge in [-0.05, 0) is 208 Å². The molecule has 0 bridgehead atoms. The average molecular weight is 1510 g/mol. The largest absolute Gasteiger partial charge is 0.478 e. The number of hydrogen-bond acceptors (Lipinski definition) is 15. The molecule has 0 saturated carbocycles. The van der Waals surface area contributed by atoms with E-state index in [9.17, 15) is 56.3 Å². The van der Waals surface area contributed by atoms with Crippen LogP contribution in [0.3, 0.4) is 0 Å². The summed E-state index contributed by atoms with van der Waals surface area (Å²) in [5.74, 6) is -3.13. The summed E-state index contributed by atoms with van der Waals surface area (Å²) in [6.07, 6.45) is 12.0. The number of carbonyl (C=O) groups is 9. The molecule has 11 heterocycles. The second kappa shape index (κ2) is 41.1. The summed E-state index contributed by atoms with van der Waals surface area (Å²) in [5, 5.41) is 33.5. The summed E-state index contributed by atoms with van der Waals surface area (Å²) in [7, 11) is 0. The van der Waals surface area contributed by atoms with Gasteiger partial charge >= 0.3 is 5.97 Å². The van der Waals surface area contributed by atoms with Crippen LogP contribution in [0.2, 0.25) is 0 Å². The summed E-state index contributed by atoms with van der Waals surface area (Å²) >= 11 is 0. The van der Waals surface area contributed by atoms with Gasteiger partial charge in [-0.1, -0.05) is 14.9 Å². The van der Waals surface area contributed by atoms with Gasteiger partial charge < -0.3 is 86.7 Å². The van der Waals surface area contributed by atoms with Gasteiger partial charge in [-0.2, -0.15) is 0 Å². The van der Waals surface area contributed by atoms with Crippen LogP contribution in [-0.4, -0.2) is 168 Å². The van der Waals surface area contributed by atoms with E-state index in [1.165, 1.54) is 36.4 Å². The number of nitrogens with one attached hydrogen (secondary N) is 10. The molecule has 0 atom stereocenters. The van der Waals surface area contributed by atoms with Gasteiger partial charge in [-0.25, -0.2) is 18.0 Å². The molecule has 7 aromatic rings. The van der Waals surface area contributed by atoms with E-state index in [0.29, 0.717) is 148 Å². The van der Waals surface area contributed by atoms with Crippen molar-refractivity contribution in [3.05, 3.63) is 179 Å². The van der Waals surface area contributed by atoms with Crippen LogP contribution in [0.4, 0.5) is 30.2 Å². The zero-order valence-electron chi connectivity index (χ0n) is 61.5. The first-order valence-electron chi connectivity index (χ1n) is 35.4. The number of aliphatic hydroxyl groups excluding tert-OH is 1. The summed E-state index contributed by atoms with van der Waals surface area (Å²) < 4.78 is 60.8. The predicted octanol–water partition coefficient (Wildman–Crippen LogP) is 11.6. The lowest BCUT2D eigenvalue weighted by molar-refractivity contribution is -0.115. The number of aromatic carboxylic acids is 1. The van der Waals surface area contributed by atoms with Crippen LogP contribution < -0.4 is 37.6 Å². The summed E-state index contributed by atoms with van der Waals surface area (Å²) in [5.41, 5.74) is 19.5. The molecular weight excluding hydrogens is 1410 g/mol. The minimum atomic E-state index is -1.01. The Hall–Kier alpha value is -10.6. The number of H-pyrrole nitrogens is 4. The molecule has 4 saturated heterocycles. The van der Waals surface area contributed by atoms with Crippen LogP contribution in [-0.2, 0) is 39.8 Å². The number of aromatic nitrogens is 4. The SMILES string of the molecule is C.C.CCO.Cc1[nH]c(/C=C2\C(=O)Nc3ccc(F)cc32)c(C)c1C(=O)NC1CCOCC1.Cc1[nH]c(/C=C2\C(=O)Nc3ccc(F)cc32)c(C)c1C(=O)NC1CCOCC1.Cc1[nH]c(C=O)c(C)c1C(=O)NC1CCOCC1.Cc1[nH]c(C=O)c(C)c1C(=O)O.NC1CCOCC1.O=C1Cc2cc(F)ccc2N1. The molecule has 0 radical (unpaired) electrons. The Bertz CT molecular complexity index is 4310. The third kappa shape index (κ3) is 23.0. The molecule has 4 aromatic heterocycles. The van der Waals surface area contributed by atoms with Crippen LogP contribution in [0.5, 0.6) is 0 Å². The maximum absolute atomic E-state index is 13.6. The highest BCUT2D eigenvalue weighted by Crippen LogP contribution is 2.37. The van der Waals surface area contributed by atoms with Crippen LogP contribution in [0, 0.1) is 72.8 Å². The number of aldehydes is 2. The quantitative estimate of drug-likeness (QED) is 0.0423. The number of benzene rings is 3. The van der Waals surface area contributed by atoms with Crippen molar-refractivity contribution in [2.75, 3.05) is 75.4 Å². The van der Waals surface area contributed by atoms with Crippen molar-refractivity contribution in [3.63, 3.8) is 0 Å². The Morgan fingerprint density at radius 1 is 0.477 bits per heavy atom. The first kappa shape index (κ1) is 87.4. The van der Waals surface area contributed by atoms with E-state index in [0.717, 1.165) is 110 Å². The molecular formula is C80H102F3N11O15. The summed E-state index contributed by atoms with van der Waals surface area (Å²) in [4.78, 5) is 117. The van der Waals surface area contributed by atoms with E-state index in [-0.39, 0.29) is 86.4 Å². The molecule has 109 heavy (non-hydrogen) atoms. The second-order valence-electron chi connectivity index (χ2n) is 26.5. The number of halogens is 3. The highest BCUT2D eigenvalue weighted by atomic mass is 19.1. The fraction of sp³-hybridized carbons (Fsp3) is 0.412. The lowest BCUT2D eigenvalue weighted by Crippen LogP contribution is -2.39. The van der Waals surface area contributed by atoms with Crippen molar-refractivity contribution >= 4 is 94.3 Å². The van der Waals surface area contributed by atoms with Crippen molar-refractivity contribution in [1.29, 1.82) is 0 Å². The van der Waals surface area contributed by atoms with Crippen LogP contribution >= 0.6 is 0 Å². The number of amides is 6. The van der Waals surface area contributed by atoms with Gasteiger partial charge in [0.25, 0.3) is 29.5 Å². The van der Waals surface area contributed by atoms with Crippen molar-refractivity contribution in [1.82, 2.24) is 35.9 Å². The summed E-state index contributed by atoms with van der Waals surface area (Å²) in [6, 6.07) is 13.5. The number of aryl methyl sites for hydroxylation is 4. The first-order valence-corrected chi connectivity index (χ1v) is 35.4. The van der Waals surface area contributed by atoms with E-state index < -0.39 is 17.6 Å². The van der Waals surface area contributed by atoms with E-state index in [1.54, 1.807) is 65.0 Å². The van der Waals surface area contributed by atoms with E-state index in [4.69, 9.17) is 34.9 Å². The number of anilines is 3. The number of aliphatic hydroxyl groups is 1. The molecule has 0 spiro atoms. The Morgan fingerprint density at radius 2 is 0.780 bits per heavy atom. The number of hydrogen-bond donors (Lipinski definition) is 13. The Balaban J connectivity index is 0.000000213. The van der Waals surface area contributed by atoms with Crippen molar-refractivity contribution in [2.24, 2.45) is 5.73 Å². The standard InChI is InChI=1S/2C21H22FN3O3.C13H18N2O3.C8H6FNO.C8H9NO3.C5H11NO.C2H6O.2CH4/c2*1-11-18(10-16-15-9-13(22)3-4-17(15)25-20(16)26)23-12(2)19(11)21(27)24-14-5-7-28-8-6-14;1-8-11(7-16)14-9(2)12(8)13(17)15-10-3-5-18-6-4-10;9-6-1-2-7-5(3-6)4-8(11)10-7;1-4-6(3-10)9-5(2)7(4)8(11)12;6-5-1-3-7-4-2-5;1-2-3;;/h2*3-4,9-10,14,23H,5-8H2,1-2H3,(H,24,27)(H,25,26);7,10,14H,3-6H2,1-2H3,(H,15,17);1-3H,4H2,(H,10,11);3,9H,1-2H3,(H,11,12);5H,1-4,6H2;3H,2H2,1H3;2*1H4/b2*16-10-;;;;;;;. The van der Waals surface area contributed by atoms with Gasteiger partial charge in [0.05, 0.1) is 51.2 Å². The average Bonchev–Trinajstić information content (AvgIpc) is 1.64. The third-order valence-corrected chi connectivity index (χ3v) is 18.8. The van der Waals surface area contributed by atoms with Gasteiger partial charge in [0.2, 0.25) is 5.91 Å². The zero-order valence-corrected chi connectivity index (χ0v) is 61.5. The van der Waals surface area contributed by atoms with Gasteiger partial charge in [0.15, 0.2) is 12.6 Å². The molecule has 14 rings (SSSR count). The Kier molecular flexibility index (Phi) is 33.0. The van der Waals surface area contributed by atoms with Crippen LogP contribution in [0.1, 0.15) is 209 Å². The first-order chi connectivity index (χ1) is 51.1. The molecule has 7 aliphatic heterocycles. The number of nitrogens with two attached hydrogens (primary N) is 1. The predicted molar refractivity (Wildman–Crippen MR) is 412 cm³/mol. The summed E-state index contributed by atoms with van der Waals surface area (Å²) in [6.45, 7) is 21.8. The van der Waals surface area contributed by atoms with Crippen molar-refractivity contribution in [3.8, 4) is 0 Å². The molecule has 0 unspecified atom stereocenters. The molecule has 26 nitrogen and oxygen atoms in total. The maximum atomic E-state index is 13.6. The molecule has 588 valence electrons. The van der Waals surface area contributed by atoms with Gasteiger partial charge in [-0.15, -0.1) is 0 Å². The van der Waals surface area contributed by atoms with Crippen LogP contribution in [0.15, 0.2) is 54.6 Å². The Labute approximate surface area is 632 Å². The molecule has 3 aromatic carbocycles. The normalized spacial score (nSPS) is 16.4. The topological polar surface area (TPSA) is 392 Å². The van der Waals surface area contributed by atoms with Gasteiger partial charge in [0.1, 0.15) is 17.5 Å². The molecule has 4 fully saturated rings. The number of carbonyl (C=O) groups excluding carboxylic acids is 8. The smallest absolute Gasteiger partial charge is 0.337 e. The number of aromatic amines is 4. The minimum Gasteiger partial charge on any atom is -0.478 e. The number of carboxylic acids is 1. The van der Waals surface area contributed by atoms with Gasteiger partial charge in [0, 0.05) is 146 Å². The number of fused-ring (bicyclic) bond motifs is 3. The molecule has 0 aliphatic carbocycles. The zero-order chi connectivity index (χ0) is 77.8. The fourth-order valence-electron chi connectivity index (χ4n) is 13.1. The number of carboxylic acid groups (broad SMARTS) is 1. The van der Waals surface area contributed by atoms with E-state index >= 15 is 0 Å². The Morgan fingerprint density at radius 3 is 1.09 bits per heavy atom. The highest BCUT2D eigenvalue weighted by Gasteiger charge is 2.31. The molecule has 14 N–H and O–H groups in total. The number of rotatable bonds is 11. The van der Waals surface area contributed by atoms with Crippen molar-refractivity contribution in [2.45, 2.75) is 159 Å². The third-order valence-electron chi connectivity index (χ3n) is 18.8. The van der Waals surface area contributed by atoms with Crippen molar-refractivity contribution < 1.29 is 85.5 Å². The maximum Gasteiger partial charge on any atom is 0.337 e. The lowest BCUT2D eigenvalue weighted by Gasteiger charge is -2.23. The monoisotopic (exact) mass is 1510 g/mol. The minimum absolute atomic E-state index is 0. The fourth-order valence-corrected chi connectivity index (χ4v) is 13.1. The second-order valence-corrected chi connectivity index (χ2v) is 26.5. The van der Waals surface area contributed by atoms with E-state index in [2.05, 4.69) is 51.8 Å². The molecule has 6 amide bonds. The van der Waals surface area contributed by atoms with Crippen LogP contribution in [0.25, 0.3) is 23.3 Å². The lowest BCUT2D eigenvalue weighted by atomic mass is 10.0. The number of ether oxygens (including phenoxy) is 4. The van der Waals surface area contributed by atoms with E-state index in [1.807, 2.05) is 27.7 Å². The van der Waals surface area contributed by atoms with Gasteiger partial charge in [-0.3, -0.25) is 38.4 Å². The molecule has 7 aliphatic rings. The molecule has 29 heteroatoms. The highest BCUT2D eigenvalue weighted by molar-refractivity contribution is 6.35.